The molecule has 15 heavy (non-hydrogen) atoms. The van der Waals surface area contributed by atoms with Crippen LogP contribution in [0.1, 0.15) is 6.92 Å². The zero-order valence-electron chi connectivity index (χ0n) is 9.03. The van der Waals surface area contributed by atoms with Crippen LogP contribution in [0.5, 0.6) is 0 Å². The summed E-state index contributed by atoms with van der Waals surface area (Å²) in [5, 5.41) is 12.6. The van der Waals surface area contributed by atoms with Crippen LogP contribution < -0.4 is 10.2 Å². The fraction of sp³-hybridized carbons (Fsp3) is 0.556. The van der Waals surface area contributed by atoms with E-state index in [9.17, 15) is 5.11 Å². The second-order valence-corrected chi connectivity index (χ2v) is 3.75. The molecule has 1 atom stereocenters. The molecule has 0 radical (unpaired) electrons. The molecule has 0 bridgehead atoms. The highest BCUT2D eigenvalue weighted by atomic mass is 35.5. The average Bonchev–Trinajstić information content (AvgIpc) is 2.17. The van der Waals surface area contributed by atoms with Gasteiger partial charge in [0.2, 0.25) is 5.95 Å². The van der Waals surface area contributed by atoms with Gasteiger partial charge in [0.05, 0.1) is 12.3 Å². The maximum atomic E-state index is 9.26. The molecular weight excluding hydrogens is 216 g/mol. The molecule has 1 heterocycles. The smallest absolute Gasteiger partial charge is 0.224 e. The Labute approximate surface area is 94.1 Å². The molecule has 0 aliphatic heterocycles. The first-order valence-electron chi connectivity index (χ1n) is 4.64. The summed E-state index contributed by atoms with van der Waals surface area (Å²) < 4.78 is 0. The Hall–Kier alpha value is -1.07. The number of rotatable bonds is 4. The van der Waals surface area contributed by atoms with Gasteiger partial charge in [-0.2, -0.15) is 4.98 Å². The summed E-state index contributed by atoms with van der Waals surface area (Å²) >= 11 is 5.96. The molecule has 0 amide bonds. The lowest BCUT2D eigenvalue weighted by molar-refractivity contribution is 0.201. The van der Waals surface area contributed by atoms with Gasteiger partial charge >= 0.3 is 0 Å². The Kier molecular flexibility index (Phi) is 4.11. The Morgan fingerprint density at radius 1 is 1.67 bits per heavy atom. The predicted molar refractivity (Wildman–Crippen MR) is 61.5 cm³/mol. The molecule has 0 fully saturated rings. The van der Waals surface area contributed by atoms with Crippen molar-refractivity contribution in [2.75, 3.05) is 30.9 Å². The van der Waals surface area contributed by atoms with Crippen LogP contribution in [0.3, 0.4) is 0 Å². The van der Waals surface area contributed by atoms with E-state index in [4.69, 9.17) is 11.6 Å². The first-order chi connectivity index (χ1) is 7.04. The van der Waals surface area contributed by atoms with E-state index in [0.717, 1.165) is 0 Å². The number of hydrogen-bond donors (Lipinski definition) is 2. The second-order valence-electron chi connectivity index (χ2n) is 3.34. The Balaban J connectivity index is 2.91. The number of aliphatic hydroxyl groups excluding tert-OH is 1. The first kappa shape index (κ1) is 12.0. The van der Waals surface area contributed by atoms with Crippen LogP contribution >= 0.6 is 11.6 Å². The Morgan fingerprint density at radius 2 is 2.33 bits per heavy atom. The summed E-state index contributed by atoms with van der Waals surface area (Å²) in [7, 11) is 3.56. The second kappa shape index (κ2) is 5.14. The normalized spacial score (nSPS) is 12.3. The number of likely N-dealkylation sites (N-methyl/N-ethyl adjacent to an activating group) is 1. The van der Waals surface area contributed by atoms with Gasteiger partial charge in [0, 0.05) is 20.6 Å². The zero-order chi connectivity index (χ0) is 11.4. The molecule has 1 unspecified atom stereocenters. The van der Waals surface area contributed by atoms with E-state index in [2.05, 4.69) is 15.3 Å². The van der Waals surface area contributed by atoms with Crippen molar-refractivity contribution in [3.8, 4) is 0 Å². The first-order valence-corrected chi connectivity index (χ1v) is 5.02. The average molecular weight is 231 g/mol. The van der Waals surface area contributed by atoms with Gasteiger partial charge in [-0.3, -0.25) is 0 Å². The van der Waals surface area contributed by atoms with E-state index >= 15 is 0 Å². The van der Waals surface area contributed by atoms with E-state index in [1.165, 1.54) is 6.20 Å². The van der Waals surface area contributed by atoms with Crippen molar-refractivity contribution in [1.29, 1.82) is 0 Å². The Bertz CT molecular complexity index is 332. The monoisotopic (exact) mass is 230 g/mol. The van der Waals surface area contributed by atoms with Gasteiger partial charge in [0.25, 0.3) is 0 Å². The molecular formula is C9H15ClN4O. The van der Waals surface area contributed by atoms with E-state index in [0.29, 0.717) is 23.3 Å². The minimum Gasteiger partial charge on any atom is -0.392 e. The van der Waals surface area contributed by atoms with Crippen molar-refractivity contribution < 1.29 is 5.11 Å². The van der Waals surface area contributed by atoms with E-state index in [-0.39, 0.29) is 0 Å². The summed E-state index contributed by atoms with van der Waals surface area (Å²) in [5.41, 5.74) is 0. The lowest BCUT2D eigenvalue weighted by Crippen LogP contribution is -2.28. The molecule has 1 aromatic heterocycles. The lowest BCUT2D eigenvalue weighted by atomic mass is 10.3. The highest BCUT2D eigenvalue weighted by Crippen LogP contribution is 2.22. The van der Waals surface area contributed by atoms with E-state index in [1.54, 1.807) is 18.9 Å². The van der Waals surface area contributed by atoms with Gasteiger partial charge in [-0.15, -0.1) is 0 Å². The lowest BCUT2D eigenvalue weighted by Gasteiger charge is -2.20. The van der Waals surface area contributed by atoms with E-state index < -0.39 is 6.10 Å². The molecule has 1 rings (SSSR count). The number of anilines is 2. The quantitative estimate of drug-likeness (QED) is 0.808. The van der Waals surface area contributed by atoms with Gasteiger partial charge in [-0.25, -0.2) is 4.98 Å². The molecule has 0 saturated heterocycles. The van der Waals surface area contributed by atoms with E-state index in [1.807, 2.05) is 7.05 Å². The molecule has 0 aromatic carbocycles. The zero-order valence-corrected chi connectivity index (χ0v) is 9.78. The third-order valence-electron chi connectivity index (χ3n) is 1.85. The maximum absolute atomic E-state index is 9.26. The molecule has 0 aliphatic rings. The highest BCUT2D eigenvalue weighted by Gasteiger charge is 2.11. The summed E-state index contributed by atoms with van der Waals surface area (Å²) in [6.07, 6.45) is 1.10. The molecule has 6 heteroatoms. The van der Waals surface area contributed by atoms with Crippen molar-refractivity contribution in [2.45, 2.75) is 13.0 Å². The largest absolute Gasteiger partial charge is 0.392 e. The SMILES string of the molecule is CNc1ncc(Cl)c(N(C)CC(C)O)n1. The van der Waals surface area contributed by atoms with Crippen LogP contribution in [0.25, 0.3) is 0 Å². The number of hydrogen-bond acceptors (Lipinski definition) is 5. The van der Waals surface area contributed by atoms with Gasteiger partial charge < -0.3 is 15.3 Å². The topological polar surface area (TPSA) is 61.3 Å². The van der Waals surface area contributed by atoms with Crippen molar-refractivity contribution in [3.05, 3.63) is 11.2 Å². The number of aliphatic hydroxyl groups is 1. The maximum Gasteiger partial charge on any atom is 0.224 e. The molecule has 0 spiro atoms. The van der Waals surface area contributed by atoms with Gasteiger partial charge in [0.15, 0.2) is 5.82 Å². The van der Waals surface area contributed by atoms with Crippen molar-refractivity contribution in [2.24, 2.45) is 0 Å². The van der Waals surface area contributed by atoms with Crippen LogP contribution in [0.4, 0.5) is 11.8 Å². The van der Waals surface area contributed by atoms with Crippen molar-refractivity contribution >= 4 is 23.4 Å². The van der Waals surface area contributed by atoms with Crippen LogP contribution in [-0.4, -0.2) is 41.8 Å². The number of nitrogens with one attached hydrogen (secondary N) is 1. The predicted octanol–water partition coefficient (Wildman–Crippen LogP) is 0.989. The Morgan fingerprint density at radius 3 is 2.87 bits per heavy atom. The summed E-state index contributed by atoms with van der Waals surface area (Å²) in [6, 6.07) is 0. The summed E-state index contributed by atoms with van der Waals surface area (Å²) in [5.74, 6) is 1.11. The van der Waals surface area contributed by atoms with Crippen molar-refractivity contribution in [1.82, 2.24) is 9.97 Å². The molecule has 5 nitrogen and oxygen atoms in total. The minimum absolute atomic E-state index is 0.431. The molecule has 0 aliphatic carbocycles. The van der Waals surface area contributed by atoms with Crippen LogP contribution in [0.2, 0.25) is 5.02 Å². The summed E-state index contributed by atoms with van der Waals surface area (Å²) in [6.45, 7) is 2.18. The van der Waals surface area contributed by atoms with Crippen LogP contribution in [0, 0.1) is 0 Å². The summed E-state index contributed by atoms with van der Waals surface area (Å²) in [4.78, 5) is 9.97. The van der Waals surface area contributed by atoms with Gasteiger partial charge in [-0.1, -0.05) is 11.6 Å². The third kappa shape index (κ3) is 3.21. The van der Waals surface area contributed by atoms with Crippen LogP contribution in [-0.2, 0) is 0 Å². The fourth-order valence-electron chi connectivity index (χ4n) is 1.23. The van der Waals surface area contributed by atoms with Gasteiger partial charge in [-0.05, 0) is 6.92 Å². The minimum atomic E-state index is -0.431. The molecule has 84 valence electrons. The third-order valence-corrected chi connectivity index (χ3v) is 2.12. The molecule has 0 saturated carbocycles. The standard InChI is InChI=1S/C9H15ClN4O/c1-6(15)5-14(3)8-7(10)4-12-9(11-2)13-8/h4,6,15H,5H2,1-3H3,(H,11,12,13). The molecule has 1 aromatic rings. The number of aromatic nitrogens is 2. The molecule has 2 N–H and O–H groups in total. The van der Waals surface area contributed by atoms with Gasteiger partial charge in [0.1, 0.15) is 5.02 Å². The van der Waals surface area contributed by atoms with Crippen LogP contribution in [0.15, 0.2) is 6.20 Å². The van der Waals surface area contributed by atoms with Crippen molar-refractivity contribution in [3.63, 3.8) is 0 Å². The number of nitrogens with zero attached hydrogens (tertiary/aromatic N) is 3. The number of halogens is 1. The highest BCUT2D eigenvalue weighted by molar-refractivity contribution is 6.32. The fourth-order valence-corrected chi connectivity index (χ4v) is 1.46.